The number of aromatic nitrogens is 3. The van der Waals surface area contributed by atoms with Gasteiger partial charge in [-0.05, 0) is 42.0 Å². The van der Waals surface area contributed by atoms with Gasteiger partial charge in [0.05, 0.1) is 4.90 Å². The molecule has 0 aliphatic carbocycles. The minimum Gasteiger partial charge on any atom is -0.480 e. The predicted octanol–water partition coefficient (Wildman–Crippen LogP) is 5.39. The van der Waals surface area contributed by atoms with E-state index in [2.05, 4.69) is 19.8 Å². The Kier molecular flexibility index (Phi) is 6.00. The molecule has 0 saturated carbocycles. The number of hydrogen-bond acceptors (Lipinski definition) is 7. The van der Waals surface area contributed by atoms with Crippen LogP contribution >= 0.6 is 0 Å². The molecule has 3 aromatic heterocycles. The minimum atomic E-state index is -4.19. The number of aromatic amines is 1. The molecular weight excluding hydrogens is 532 g/mol. The van der Waals surface area contributed by atoms with Gasteiger partial charge in [-0.3, -0.25) is 4.79 Å². The molecule has 0 saturated heterocycles. The van der Waals surface area contributed by atoms with E-state index in [9.17, 15) is 18.3 Å². The first-order valence-corrected chi connectivity index (χ1v) is 14.1. The van der Waals surface area contributed by atoms with E-state index in [0.717, 1.165) is 21.9 Å². The molecule has 11 heteroatoms. The number of rotatable bonds is 7. The van der Waals surface area contributed by atoms with Gasteiger partial charge >= 0.3 is 5.97 Å². The highest BCUT2D eigenvalue weighted by Crippen LogP contribution is 2.34. The zero-order valence-corrected chi connectivity index (χ0v) is 22.7. The van der Waals surface area contributed by atoms with Crippen molar-refractivity contribution in [3.63, 3.8) is 0 Å². The molecule has 3 heterocycles. The van der Waals surface area contributed by atoms with E-state index >= 15 is 0 Å². The SMILES string of the molecule is CC(C)(C)c1nc(-c2ccc3oc4cc(S(=O)(=O)N[C@H](Cc5c[nH]c6ccccc56)C(=O)O)ccc4c3c2)no1. The Bertz CT molecular complexity index is 2010. The Morgan fingerprint density at radius 3 is 2.58 bits per heavy atom. The average Bonchev–Trinajstić information content (AvgIpc) is 3.64. The Hall–Kier alpha value is -4.48. The lowest BCUT2D eigenvalue weighted by atomic mass is 9.97. The van der Waals surface area contributed by atoms with Gasteiger partial charge in [0.15, 0.2) is 0 Å². The van der Waals surface area contributed by atoms with Crippen molar-refractivity contribution in [2.45, 2.75) is 43.5 Å². The minimum absolute atomic E-state index is 0.0265. The largest absolute Gasteiger partial charge is 0.480 e. The summed E-state index contributed by atoms with van der Waals surface area (Å²) < 4.78 is 40.3. The smallest absolute Gasteiger partial charge is 0.322 e. The zero-order chi connectivity index (χ0) is 28.2. The molecule has 0 radical (unpaired) electrons. The first-order valence-electron chi connectivity index (χ1n) is 12.6. The molecule has 3 N–H and O–H groups in total. The number of carboxylic acid groups (broad SMARTS) is 1. The third kappa shape index (κ3) is 4.63. The van der Waals surface area contributed by atoms with E-state index < -0.39 is 22.0 Å². The van der Waals surface area contributed by atoms with Crippen LogP contribution in [0.25, 0.3) is 44.2 Å². The maximum Gasteiger partial charge on any atom is 0.322 e. The van der Waals surface area contributed by atoms with Crippen LogP contribution in [0, 0.1) is 0 Å². The number of aliphatic carboxylic acids is 1. The maximum absolute atomic E-state index is 13.3. The van der Waals surface area contributed by atoms with E-state index in [4.69, 9.17) is 8.94 Å². The van der Waals surface area contributed by atoms with Gasteiger partial charge in [0, 0.05) is 51.3 Å². The molecule has 3 aromatic carbocycles. The van der Waals surface area contributed by atoms with Crippen molar-refractivity contribution in [2.75, 3.05) is 0 Å². The third-order valence-corrected chi connectivity index (χ3v) is 8.24. The highest BCUT2D eigenvalue weighted by atomic mass is 32.2. The fraction of sp³-hybridized carbons (Fsp3) is 0.207. The fourth-order valence-corrected chi connectivity index (χ4v) is 5.87. The first kappa shape index (κ1) is 25.8. The molecule has 1 atom stereocenters. The number of sulfonamides is 1. The number of benzene rings is 3. The van der Waals surface area contributed by atoms with Gasteiger partial charge in [0.2, 0.25) is 21.7 Å². The van der Waals surface area contributed by atoms with Crippen LogP contribution in [0.1, 0.15) is 32.2 Å². The number of fused-ring (bicyclic) bond motifs is 4. The number of carbonyl (C=O) groups is 1. The van der Waals surface area contributed by atoms with Gasteiger partial charge in [-0.1, -0.05) is 44.1 Å². The molecule has 0 aliphatic rings. The van der Waals surface area contributed by atoms with Crippen molar-refractivity contribution in [1.29, 1.82) is 0 Å². The maximum atomic E-state index is 13.3. The van der Waals surface area contributed by atoms with E-state index in [0.29, 0.717) is 33.8 Å². The number of nitrogens with one attached hydrogen (secondary N) is 2. The van der Waals surface area contributed by atoms with Crippen molar-refractivity contribution >= 4 is 48.8 Å². The normalized spacial score (nSPS) is 13.4. The first-order chi connectivity index (χ1) is 19.0. The lowest BCUT2D eigenvalue weighted by Crippen LogP contribution is -2.42. The highest BCUT2D eigenvalue weighted by Gasteiger charge is 2.27. The Balaban J connectivity index is 1.30. The molecule has 204 valence electrons. The van der Waals surface area contributed by atoms with Crippen molar-refractivity contribution in [2.24, 2.45) is 0 Å². The van der Waals surface area contributed by atoms with Crippen molar-refractivity contribution < 1.29 is 27.3 Å². The van der Waals surface area contributed by atoms with E-state index in [1.807, 2.05) is 57.2 Å². The Labute approximate surface area is 229 Å². The second-order valence-corrected chi connectivity index (χ2v) is 12.4. The molecule has 0 amide bonds. The van der Waals surface area contributed by atoms with Crippen LogP contribution in [-0.4, -0.2) is 40.7 Å². The number of hydrogen-bond donors (Lipinski definition) is 3. The summed E-state index contributed by atoms with van der Waals surface area (Å²) in [5.41, 5.74) is 2.89. The molecular formula is C29H26N4O6S. The van der Waals surface area contributed by atoms with Gasteiger partial charge in [0.1, 0.15) is 17.2 Å². The van der Waals surface area contributed by atoms with Gasteiger partial charge in [0.25, 0.3) is 0 Å². The summed E-state index contributed by atoms with van der Waals surface area (Å²) in [6, 6.07) is 16.0. The molecule has 0 aliphatic heterocycles. The van der Waals surface area contributed by atoms with Gasteiger partial charge in [-0.2, -0.15) is 9.71 Å². The van der Waals surface area contributed by atoms with Crippen LogP contribution in [0.4, 0.5) is 0 Å². The summed E-state index contributed by atoms with van der Waals surface area (Å²) >= 11 is 0. The summed E-state index contributed by atoms with van der Waals surface area (Å²) in [6.07, 6.45) is 1.67. The number of para-hydroxylation sites is 1. The third-order valence-electron chi connectivity index (χ3n) is 6.77. The lowest BCUT2D eigenvalue weighted by molar-refractivity contribution is -0.138. The Morgan fingerprint density at radius 2 is 1.82 bits per heavy atom. The monoisotopic (exact) mass is 558 g/mol. The van der Waals surface area contributed by atoms with Crippen molar-refractivity contribution in [3.8, 4) is 11.4 Å². The number of carboxylic acids is 1. The second kappa shape index (κ2) is 9.32. The van der Waals surface area contributed by atoms with E-state index in [-0.39, 0.29) is 16.7 Å². The molecule has 10 nitrogen and oxygen atoms in total. The fourth-order valence-electron chi connectivity index (χ4n) is 4.66. The van der Waals surface area contributed by atoms with Gasteiger partial charge < -0.3 is 19.0 Å². The van der Waals surface area contributed by atoms with E-state index in [1.165, 1.54) is 12.1 Å². The van der Waals surface area contributed by atoms with Gasteiger partial charge in [-0.25, -0.2) is 8.42 Å². The molecule has 0 unspecified atom stereocenters. The quantitative estimate of drug-likeness (QED) is 0.236. The molecule has 0 fully saturated rings. The summed E-state index contributed by atoms with van der Waals surface area (Å²) in [5.74, 6) is -0.312. The molecule has 6 rings (SSSR count). The summed E-state index contributed by atoms with van der Waals surface area (Å²) in [5, 5.41) is 16.2. The van der Waals surface area contributed by atoms with Crippen molar-refractivity contribution in [1.82, 2.24) is 19.8 Å². The molecule has 40 heavy (non-hydrogen) atoms. The second-order valence-electron chi connectivity index (χ2n) is 10.7. The highest BCUT2D eigenvalue weighted by molar-refractivity contribution is 7.89. The Morgan fingerprint density at radius 1 is 1.02 bits per heavy atom. The van der Waals surface area contributed by atoms with E-state index in [1.54, 1.807) is 18.3 Å². The molecule has 6 aromatic rings. The number of nitrogens with zero attached hydrogens (tertiary/aromatic N) is 2. The molecule has 0 bridgehead atoms. The summed E-state index contributed by atoms with van der Waals surface area (Å²) in [6.45, 7) is 5.95. The predicted molar refractivity (Wildman–Crippen MR) is 149 cm³/mol. The zero-order valence-electron chi connectivity index (χ0n) is 21.9. The van der Waals surface area contributed by atoms with Crippen LogP contribution in [0.5, 0.6) is 0 Å². The topological polar surface area (TPSA) is 151 Å². The van der Waals surface area contributed by atoms with Gasteiger partial charge in [-0.15, -0.1) is 0 Å². The number of H-pyrrole nitrogens is 1. The van der Waals surface area contributed by atoms with Crippen LogP contribution in [0.3, 0.4) is 0 Å². The van der Waals surface area contributed by atoms with Crippen LogP contribution < -0.4 is 4.72 Å². The van der Waals surface area contributed by atoms with Crippen LogP contribution in [-0.2, 0) is 26.7 Å². The molecule has 0 spiro atoms. The average molecular weight is 559 g/mol. The van der Waals surface area contributed by atoms with Crippen LogP contribution in [0.15, 0.2) is 80.7 Å². The van der Waals surface area contributed by atoms with Crippen molar-refractivity contribution in [3.05, 3.63) is 78.3 Å². The standard InChI is InChI=1S/C29H26N4O6S/c1-29(2,3)28-31-26(32-39-28)16-8-11-24-21(12-16)20-10-9-18(14-25(20)38-24)40(36,37)33-23(27(34)35)13-17-15-30-22-7-5-4-6-19(17)22/h4-12,14-15,23,30,33H,13H2,1-3H3,(H,34,35)/t23-/m1/s1. The number of furan rings is 1. The lowest BCUT2D eigenvalue weighted by Gasteiger charge is -2.14. The van der Waals surface area contributed by atoms with Crippen LogP contribution in [0.2, 0.25) is 0 Å². The summed E-state index contributed by atoms with van der Waals surface area (Å²) in [7, 11) is -4.19. The summed E-state index contributed by atoms with van der Waals surface area (Å²) in [4.78, 5) is 19.5.